The maximum atomic E-state index is 5.81. The molecule has 1 unspecified atom stereocenters. The second kappa shape index (κ2) is 8.89. The first-order valence-corrected chi connectivity index (χ1v) is 8.64. The molecule has 1 heterocycles. The molecule has 1 aliphatic rings. The second-order valence-electron chi connectivity index (χ2n) is 5.97. The minimum atomic E-state index is 0.284. The molecule has 1 atom stereocenters. The Morgan fingerprint density at radius 3 is 2.90 bits per heavy atom. The summed E-state index contributed by atoms with van der Waals surface area (Å²) in [5.41, 5.74) is 2.48. The average Bonchev–Trinajstić information content (AvgIpc) is 2.48. The lowest BCUT2D eigenvalue weighted by Crippen LogP contribution is -2.24. The van der Waals surface area contributed by atoms with Gasteiger partial charge in [0, 0.05) is 23.7 Å². The summed E-state index contributed by atoms with van der Waals surface area (Å²) in [5.74, 6) is 0. The first-order chi connectivity index (χ1) is 10.1. The van der Waals surface area contributed by atoms with Gasteiger partial charge in [0.15, 0.2) is 0 Å². The molecule has 118 valence electrons. The Kier molecular flexibility index (Phi) is 7.17. The van der Waals surface area contributed by atoms with E-state index in [4.69, 9.17) is 9.47 Å². The summed E-state index contributed by atoms with van der Waals surface area (Å²) in [6.45, 7) is 7.43. The number of rotatable bonds is 7. The largest absolute Gasteiger partial charge is 0.376 e. The van der Waals surface area contributed by atoms with Gasteiger partial charge in [-0.15, -0.1) is 0 Å². The van der Waals surface area contributed by atoms with Crippen LogP contribution in [0.3, 0.4) is 0 Å². The Balaban J connectivity index is 1.77. The zero-order valence-electron chi connectivity index (χ0n) is 13.0. The van der Waals surface area contributed by atoms with Crippen molar-refractivity contribution in [3.05, 3.63) is 33.8 Å². The van der Waals surface area contributed by atoms with Crippen LogP contribution in [0.2, 0.25) is 0 Å². The number of benzene rings is 1. The lowest BCUT2D eigenvalue weighted by molar-refractivity contribution is -0.0448. The fraction of sp³-hybridized carbons (Fsp3) is 0.647. The Morgan fingerprint density at radius 1 is 1.38 bits per heavy atom. The van der Waals surface area contributed by atoms with Gasteiger partial charge in [-0.3, -0.25) is 0 Å². The Labute approximate surface area is 136 Å². The van der Waals surface area contributed by atoms with Crippen LogP contribution in [0.15, 0.2) is 22.7 Å². The zero-order valence-corrected chi connectivity index (χ0v) is 14.6. The molecule has 0 saturated carbocycles. The highest BCUT2D eigenvalue weighted by atomic mass is 79.9. The van der Waals surface area contributed by atoms with Gasteiger partial charge in [-0.25, -0.2) is 0 Å². The van der Waals surface area contributed by atoms with Gasteiger partial charge < -0.3 is 14.8 Å². The van der Waals surface area contributed by atoms with Gasteiger partial charge in [0.2, 0.25) is 0 Å². The number of hydrogen-bond acceptors (Lipinski definition) is 3. The Bertz CT molecular complexity index is 431. The predicted octanol–water partition coefficient (Wildman–Crippen LogP) is 4.03. The highest BCUT2D eigenvalue weighted by molar-refractivity contribution is 9.10. The third-order valence-electron chi connectivity index (χ3n) is 3.67. The van der Waals surface area contributed by atoms with E-state index in [1.807, 2.05) is 0 Å². The molecule has 1 saturated heterocycles. The number of halogens is 1. The van der Waals surface area contributed by atoms with E-state index < -0.39 is 0 Å². The SMILES string of the molecule is CC(C)NCc1ccc(COCC2CCCCO2)c(Br)c1. The molecule has 0 amide bonds. The minimum Gasteiger partial charge on any atom is -0.376 e. The molecule has 0 radical (unpaired) electrons. The van der Waals surface area contributed by atoms with Crippen molar-refractivity contribution in [1.82, 2.24) is 5.32 Å². The van der Waals surface area contributed by atoms with E-state index in [9.17, 15) is 0 Å². The minimum absolute atomic E-state index is 0.284. The van der Waals surface area contributed by atoms with Crippen LogP contribution in [0.5, 0.6) is 0 Å². The predicted molar refractivity (Wildman–Crippen MR) is 89.4 cm³/mol. The highest BCUT2D eigenvalue weighted by Gasteiger charge is 2.14. The van der Waals surface area contributed by atoms with E-state index in [0.717, 1.165) is 24.0 Å². The van der Waals surface area contributed by atoms with Gasteiger partial charge in [-0.05, 0) is 36.5 Å². The van der Waals surface area contributed by atoms with Crippen molar-refractivity contribution >= 4 is 15.9 Å². The monoisotopic (exact) mass is 355 g/mol. The quantitative estimate of drug-likeness (QED) is 0.800. The fourth-order valence-electron chi connectivity index (χ4n) is 2.38. The molecule has 21 heavy (non-hydrogen) atoms. The standard InChI is InChI=1S/C17H26BrNO2/c1-13(2)19-10-14-6-7-15(17(18)9-14)11-20-12-16-5-3-4-8-21-16/h6-7,9,13,16,19H,3-5,8,10-12H2,1-2H3. The van der Waals surface area contributed by atoms with Crippen LogP contribution in [0.4, 0.5) is 0 Å². The maximum absolute atomic E-state index is 5.81. The van der Waals surface area contributed by atoms with Crippen LogP contribution >= 0.6 is 15.9 Å². The summed E-state index contributed by atoms with van der Waals surface area (Å²) in [6, 6.07) is 6.98. The van der Waals surface area contributed by atoms with Crippen molar-refractivity contribution in [1.29, 1.82) is 0 Å². The smallest absolute Gasteiger partial charge is 0.0808 e. The summed E-state index contributed by atoms with van der Waals surface area (Å²) in [6.07, 6.45) is 3.86. The molecule has 1 aromatic carbocycles. The zero-order chi connectivity index (χ0) is 15.1. The van der Waals surface area contributed by atoms with Crippen LogP contribution in [-0.4, -0.2) is 25.4 Å². The van der Waals surface area contributed by atoms with Gasteiger partial charge in [-0.1, -0.05) is 41.9 Å². The topological polar surface area (TPSA) is 30.5 Å². The van der Waals surface area contributed by atoms with Gasteiger partial charge >= 0.3 is 0 Å². The molecule has 3 nitrogen and oxygen atoms in total. The molecular formula is C17H26BrNO2. The van der Waals surface area contributed by atoms with Crippen molar-refractivity contribution in [3.8, 4) is 0 Å². The summed E-state index contributed by atoms with van der Waals surface area (Å²) in [5, 5.41) is 3.43. The van der Waals surface area contributed by atoms with Crippen molar-refractivity contribution in [3.63, 3.8) is 0 Å². The van der Waals surface area contributed by atoms with Gasteiger partial charge in [0.1, 0.15) is 0 Å². The normalized spacial score (nSPS) is 19.1. The lowest BCUT2D eigenvalue weighted by atomic mass is 10.1. The van der Waals surface area contributed by atoms with E-state index in [0.29, 0.717) is 19.3 Å². The Hall–Kier alpha value is -0.420. The van der Waals surface area contributed by atoms with E-state index in [1.165, 1.54) is 24.0 Å². The molecule has 0 aromatic heterocycles. The van der Waals surface area contributed by atoms with E-state index >= 15 is 0 Å². The van der Waals surface area contributed by atoms with Crippen LogP contribution < -0.4 is 5.32 Å². The first kappa shape index (κ1) is 16.9. The second-order valence-corrected chi connectivity index (χ2v) is 6.82. The van der Waals surface area contributed by atoms with Crippen molar-refractivity contribution in [2.45, 2.75) is 58.4 Å². The Morgan fingerprint density at radius 2 is 2.24 bits per heavy atom. The third kappa shape index (κ3) is 6.07. The number of ether oxygens (including phenoxy) is 2. The molecular weight excluding hydrogens is 330 g/mol. The molecule has 1 fully saturated rings. The first-order valence-electron chi connectivity index (χ1n) is 7.85. The lowest BCUT2D eigenvalue weighted by Gasteiger charge is -2.22. The molecule has 1 aliphatic heterocycles. The molecule has 1 aromatic rings. The van der Waals surface area contributed by atoms with E-state index in [-0.39, 0.29) is 6.10 Å². The molecule has 0 aliphatic carbocycles. The average molecular weight is 356 g/mol. The number of nitrogens with one attached hydrogen (secondary N) is 1. The summed E-state index contributed by atoms with van der Waals surface area (Å²) in [7, 11) is 0. The van der Waals surface area contributed by atoms with Gasteiger partial charge in [0.05, 0.1) is 19.3 Å². The van der Waals surface area contributed by atoms with Crippen molar-refractivity contribution in [2.24, 2.45) is 0 Å². The summed E-state index contributed by atoms with van der Waals surface area (Å²) < 4.78 is 12.6. The summed E-state index contributed by atoms with van der Waals surface area (Å²) >= 11 is 3.64. The van der Waals surface area contributed by atoms with Crippen LogP contribution in [0.25, 0.3) is 0 Å². The number of hydrogen-bond donors (Lipinski definition) is 1. The van der Waals surface area contributed by atoms with Crippen LogP contribution in [0, 0.1) is 0 Å². The van der Waals surface area contributed by atoms with Gasteiger partial charge in [-0.2, -0.15) is 0 Å². The molecule has 2 rings (SSSR count). The molecule has 4 heteroatoms. The molecule has 1 N–H and O–H groups in total. The molecule has 0 bridgehead atoms. The van der Waals surface area contributed by atoms with E-state index in [1.54, 1.807) is 0 Å². The third-order valence-corrected chi connectivity index (χ3v) is 4.41. The van der Waals surface area contributed by atoms with Gasteiger partial charge in [0.25, 0.3) is 0 Å². The molecule has 0 spiro atoms. The van der Waals surface area contributed by atoms with Crippen LogP contribution in [-0.2, 0) is 22.6 Å². The summed E-state index contributed by atoms with van der Waals surface area (Å²) in [4.78, 5) is 0. The van der Waals surface area contributed by atoms with Crippen LogP contribution in [0.1, 0.15) is 44.2 Å². The van der Waals surface area contributed by atoms with Crippen molar-refractivity contribution < 1.29 is 9.47 Å². The highest BCUT2D eigenvalue weighted by Crippen LogP contribution is 2.20. The van der Waals surface area contributed by atoms with E-state index in [2.05, 4.69) is 53.3 Å². The maximum Gasteiger partial charge on any atom is 0.0808 e. The fourth-order valence-corrected chi connectivity index (χ4v) is 2.92. The van der Waals surface area contributed by atoms with Crippen molar-refractivity contribution in [2.75, 3.05) is 13.2 Å².